The lowest BCUT2D eigenvalue weighted by molar-refractivity contribution is -0.137. The number of carbonyl (C=O) groups excluding carboxylic acids is 2. The van der Waals surface area contributed by atoms with Crippen LogP contribution in [0.15, 0.2) is 45.8 Å². The number of amides is 1. The van der Waals surface area contributed by atoms with Gasteiger partial charge in [0, 0.05) is 13.1 Å². The fraction of sp³-hybridized carbons (Fsp3) is 0.594. The summed E-state index contributed by atoms with van der Waals surface area (Å²) < 4.78 is 50.1. The van der Waals surface area contributed by atoms with Crippen LogP contribution in [0, 0.1) is 5.41 Å². The molecule has 1 aromatic carbocycles. The molecule has 46 heavy (non-hydrogen) atoms. The Hall–Kier alpha value is -2.97. The second kappa shape index (κ2) is 13.3. The third-order valence-corrected chi connectivity index (χ3v) is 17.9. The molecule has 1 saturated carbocycles. The van der Waals surface area contributed by atoms with E-state index in [9.17, 15) is 22.2 Å². The highest BCUT2D eigenvalue weighted by Crippen LogP contribution is 2.54. The molecule has 4 rings (SSSR count). The molecule has 1 saturated heterocycles. The van der Waals surface area contributed by atoms with Crippen molar-refractivity contribution >= 4 is 57.8 Å². The minimum absolute atomic E-state index is 0.172. The molecule has 2 N–H and O–H groups in total. The maximum Gasteiger partial charge on any atom is 0.322 e. The van der Waals surface area contributed by atoms with Gasteiger partial charge in [0.25, 0.3) is 5.91 Å². The average molecular weight is 692 g/mol. The topological polar surface area (TPSA) is 147 Å². The van der Waals surface area contributed by atoms with Crippen LogP contribution in [0.25, 0.3) is 0 Å². The van der Waals surface area contributed by atoms with Gasteiger partial charge in [0.15, 0.2) is 5.75 Å². The zero-order chi connectivity index (χ0) is 34.1. The molecule has 1 spiro atoms. The first-order valence-corrected chi connectivity index (χ1v) is 21.8. The SMILES string of the molecule is COC(=O)CS(=O)(=O)Nc1ccc(C(=O)Nc2cccc(/[SH](=O)=N/C(C)(C)C[Si](C)(C)C(C)(C)C)n2)c(N2CCC3(CC2)CC3)c1. The van der Waals surface area contributed by atoms with Gasteiger partial charge in [-0.05, 0) is 86.4 Å². The Morgan fingerprint density at radius 1 is 1.07 bits per heavy atom. The highest BCUT2D eigenvalue weighted by atomic mass is 32.2. The average Bonchev–Trinajstić information content (AvgIpc) is 3.69. The van der Waals surface area contributed by atoms with E-state index in [0.717, 1.165) is 39.1 Å². The maximum atomic E-state index is 13.7. The molecule has 0 radical (unpaired) electrons. The van der Waals surface area contributed by atoms with Gasteiger partial charge in [-0.1, -0.05) is 39.9 Å². The number of nitrogens with zero attached hydrogens (tertiary/aromatic N) is 3. The Labute approximate surface area is 276 Å². The number of esters is 1. The van der Waals surface area contributed by atoms with Gasteiger partial charge in [0.2, 0.25) is 10.0 Å². The Morgan fingerprint density at radius 3 is 2.30 bits per heavy atom. The fourth-order valence-electron chi connectivity index (χ4n) is 5.84. The molecule has 254 valence electrons. The number of thiol groups is 1. The van der Waals surface area contributed by atoms with E-state index in [1.54, 1.807) is 30.3 Å². The second-order valence-corrected chi connectivity index (χ2v) is 23.5. The number of carbonyl (C=O) groups is 2. The number of aromatic nitrogens is 1. The van der Waals surface area contributed by atoms with Crippen LogP contribution < -0.4 is 14.9 Å². The van der Waals surface area contributed by atoms with Crippen LogP contribution in [0.2, 0.25) is 24.2 Å². The van der Waals surface area contributed by atoms with E-state index in [0.29, 0.717) is 16.7 Å². The molecule has 14 heteroatoms. The van der Waals surface area contributed by atoms with Crippen LogP contribution in [0.1, 0.15) is 70.7 Å². The molecule has 2 aliphatic rings. The van der Waals surface area contributed by atoms with Gasteiger partial charge in [-0.2, -0.15) is 0 Å². The molecule has 1 aliphatic carbocycles. The molecule has 2 aromatic rings. The number of pyridine rings is 1. The van der Waals surface area contributed by atoms with E-state index in [1.165, 1.54) is 18.9 Å². The van der Waals surface area contributed by atoms with Crippen molar-refractivity contribution in [2.45, 2.75) is 95.0 Å². The summed E-state index contributed by atoms with van der Waals surface area (Å²) >= 11 is 0. The third kappa shape index (κ3) is 9.09. The van der Waals surface area contributed by atoms with Gasteiger partial charge in [-0.25, -0.2) is 22.0 Å². The zero-order valence-corrected chi connectivity index (χ0v) is 31.0. The predicted octanol–water partition coefficient (Wildman–Crippen LogP) is 5.94. The highest BCUT2D eigenvalue weighted by Gasteiger charge is 2.45. The summed E-state index contributed by atoms with van der Waals surface area (Å²) in [6.45, 7) is 16.9. The molecule has 11 nitrogen and oxygen atoms in total. The Morgan fingerprint density at radius 2 is 1.72 bits per heavy atom. The van der Waals surface area contributed by atoms with E-state index < -0.39 is 51.9 Å². The first-order valence-electron chi connectivity index (χ1n) is 15.7. The molecule has 0 bridgehead atoms. The summed E-state index contributed by atoms with van der Waals surface area (Å²) in [4.78, 5) is 31.9. The molecule has 1 atom stereocenters. The summed E-state index contributed by atoms with van der Waals surface area (Å²) in [5, 5.41) is 3.31. The van der Waals surface area contributed by atoms with Crippen molar-refractivity contribution in [1.29, 1.82) is 0 Å². The Bertz CT molecular complexity index is 1670. The van der Waals surface area contributed by atoms with Crippen molar-refractivity contribution in [2.24, 2.45) is 9.78 Å². The van der Waals surface area contributed by atoms with E-state index in [2.05, 4.69) is 62.9 Å². The van der Waals surface area contributed by atoms with E-state index in [-0.39, 0.29) is 21.6 Å². The molecule has 2 heterocycles. The van der Waals surface area contributed by atoms with Crippen LogP contribution >= 0.6 is 0 Å². The molecule has 2 fully saturated rings. The standard InChI is InChI=1S/C32H49N5O6S2Si/c1-30(2,3)46(7,8)22-31(4,5)36-44(40)27-11-9-10-26(33-27)34-29(39)24-13-12-23(35-45(41,42)21-28(38)43-6)20-25(24)37-18-16-32(14-15-32)17-19-37/h9-13,20,35,44H,14-19,21-22H2,1-8H3,(H,33,34,39). The number of hydrogen-bond acceptors (Lipinski definition) is 9. The minimum atomic E-state index is -4.02. The first-order chi connectivity index (χ1) is 21.2. The van der Waals surface area contributed by atoms with Crippen LogP contribution in [0.4, 0.5) is 17.2 Å². The van der Waals surface area contributed by atoms with Gasteiger partial charge in [-0.15, -0.1) is 0 Å². The van der Waals surface area contributed by atoms with Crippen LogP contribution in [0.5, 0.6) is 0 Å². The number of hydrogen-bond donors (Lipinski definition) is 3. The first kappa shape index (κ1) is 35.9. The monoisotopic (exact) mass is 691 g/mol. The van der Waals surface area contributed by atoms with Crippen molar-refractivity contribution in [2.75, 3.05) is 40.9 Å². The smallest absolute Gasteiger partial charge is 0.322 e. The highest BCUT2D eigenvalue weighted by molar-refractivity contribution is 7.93. The number of rotatable bonds is 11. The molecule has 1 aromatic heterocycles. The Kier molecular flexibility index (Phi) is 10.3. The summed E-state index contributed by atoms with van der Waals surface area (Å²) in [7, 11) is -6.75. The van der Waals surface area contributed by atoms with E-state index >= 15 is 0 Å². The van der Waals surface area contributed by atoms with Gasteiger partial charge in [0.1, 0.15) is 10.8 Å². The number of nitrogens with one attached hydrogen (secondary N) is 2. The number of piperidine rings is 1. The maximum absolute atomic E-state index is 13.7. The van der Waals surface area contributed by atoms with Crippen LogP contribution in [-0.2, 0) is 30.2 Å². The van der Waals surface area contributed by atoms with Crippen LogP contribution in [-0.4, -0.2) is 69.1 Å². The van der Waals surface area contributed by atoms with Gasteiger partial charge < -0.3 is 15.0 Å². The van der Waals surface area contributed by atoms with Gasteiger partial charge >= 0.3 is 5.97 Å². The predicted molar refractivity (Wildman–Crippen MR) is 187 cm³/mol. The quantitative estimate of drug-likeness (QED) is 0.149. The van der Waals surface area contributed by atoms with Crippen molar-refractivity contribution in [3.63, 3.8) is 0 Å². The van der Waals surface area contributed by atoms with Crippen molar-refractivity contribution in [3.05, 3.63) is 42.0 Å². The van der Waals surface area contributed by atoms with Crippen molar-refractivity contribution in [3.8, 4) is 0 Å². The molecule has 1 amide bonds. The summed E-state index contributed by atoms with van der Waals surface area (Å²) in [6, 6.07) is 10.5. The largest absolute Gasteiger partial charge is 0.468 e. The summed E-state index contributed by atoms with van der Waals surface area (Å²) in [6.07, 6.45) is 4.42. The zero-order valence-electron chi connectivity index (χ0n) is 28.3. The lowest BCUT2D eigenvalue weighted by Crippen LogP contribution is -2.42. The lowest BCUT2D eigenvalue weighted by Gasteiger charge is -2.41. The lowest BCUT2D eigenvalue weighted by atomic mass is 9.93. The van der Waals surface area contributed by atoms with E-state index in [4.69, 9.17) is 0 Å². The third-order valence-electron chi connectivity index (χ3n) is 9.61. The molecular formula is C32H49N5O6S2Si. The number of ether oxygens (including phenoxy) is 1. The summed E-state index contributed by atoms with van der Waals surface area (Å²) in [5.41, 5.74) is 1.06. The van der Waals surface area contributed by atoms with Crippen molar-refractivity contribution < 1.29 is 27.0 Å². The van der Waals surface area contributed by atoms with Gasteiger partial charge in [0.05, 0.1) is 48.3 Å². The molecular weight excluding hydrogens is 643 g/mol. The number of methoxy groups -OCH3 is 1. The van der Waals surface area contributed by atoms with Crippen LogP contribution in [0.3, 0.4) is 0 Å². The summed E-state index contributed by atoms with van der Waals surface area (Å²) in [5.74, 6) is -1.89. The number of benzene rings is 1. The van der Waals surface area contributed by atoms with E-state index in [1.807, 2.05) is 13.8 Å². The second-order valence-electron chi connectivity index (χ2n) is 15.0. The molecule has 1 unspecified atom stereocenters. The normalized spacial score (nSPS) is 17.4. The van der Waals surface area contributed by atoms with Gasteiger partial charge in [-0.3, -0.25) is 14.3 Å². The fourth-order valence-corrected chi connectivity index (χ4v) is 10.8. The Balaban J connectivity index is 1.57. The minimum Gasteiger partial charge on any atom is -0.468 e. The van der Waals surface area contributed by atoms with Crippen molar-refractivity contribution in [1.82, 2.24) is 4.98 Å². The number of sulfonamides is 1. The molecule has 1 aliphatic heterocycles. The number of anilines is 3.